The van der Waals surface area contributed by atoms with Crippen LogP contribution in [0.15, 0.2) is 18.2 Å². The molecule has 0 spiro atoms. The van der Waals surface area contributed by atoms with Gasteiger partial charge in [0.15, 0.2) is 0 Å². The van der Waals surface area contributed by atoms with Crippen LogP contribution in [-0.4, -0.2) is 13.1 Å². The SMILES string of the molecule is Cc1cc(I)ccc1NCCCN. The molecule has 72 valence electrons. The van der Waals surface area contributed by atoms with Crippen molar-refractivity contribution >= 4 is 28.3 Å². The Labute approximate surface area is 93.0 Å². The van der Waals surface area contributed by atoms with E-state index in [9.17, 15) is 0 Å². The highest BCUT2D eigenvalue weighted by molar-refractivity contribution is 14.1. The van der Waals surface area contributed by atoms with Gasteiger partial charge < -0.3 is 11.1 Å². The highest BCUT2D eigenvalue weighted by atomic mass is 127. The molecule has 0 fully saturated rings. The Hall–Kier alpha value is -0.290. The summed E-state index contributed by atoms with van der Waals surface area (Å²) in [5, 5.41) is 3.36. The average molecular weight is 290 g/mol. The summed E-state index contributed by atoms with van der Waals surface area (Å²) >= 11 is 2.32. The zero-order valence-electron chi connectivity index (χ0n) is 7.81. The molecule has 13 heavy (non-hydrogen) atoms. The van der Waals surface area contributed by atoms with Gasteiger partial charge in [-0.2, -0.15) is 0 Å². The Kier molecular flexibility index (Phi) is 4.52. The predicted octanol–water partition coefficient (Wildman–Crippen LogP) is 2.36. The number of aryl methyl sites for hydroxylation is 1. The van der Waals surface area contributed by atoms with E-state index in [2.05, 4.69) is 53.0 Å². The van der Waals surface area contributed by atoms with Gasteiger partial charge in [0.2, 0.25) is 0 Å². The van der Waals surface area contributed by atoms with E-state index >= 15 is 0 Å². The van der Waals surface area contributed by atoms with Crippen molar-refractivity contribution in [1.29, 1.82) is 0 Å². The van der Waals surface area contributed by atoms with Crippen LogP contribution < -0.4 is 11.1 Å². The number of nitrogens with two attached hydrogens (primary N) is 1. The Bertz CT molecular complexity index is 274. The maximum Gasteiger partial charge on any atom is 0.0370 e. The first-order chi connectivity index (χ1) is 6.24. The minimum absolute atomic E-state index is 0.746. The third kappa shape index (κ3) is 3.52. The minimum atomic E-state index is 0.746. The summed E-state index contributed by atoms with van der Waals surface area (Å²) in [7, 11) is 0. The van der Waals surface area contributed by atoms with Crippen LogP contribution in [0, 0.1) is 10.5 Å². The number of nitrogens with one attached hydrogen (secondary N) is 1. The smallest absolute Gasteiger partial charge is 0.0370 e. The molecule has 1 aromatic carbocycles. The summed E-state index contributed by atoms with van der Waals surface area (Å²) in [4.78, 5) is 0. The lowest BCUT2D eigenvalue weighted by atomic mass is 10.2. The number of hydrogen-bond acceptors (Lipinski definition) is 2. The van der Waals surface area contributed by atoms with Crippen LogP contribution in [0.2, 0.25) is 0 Å². The highest BCUT2D eigenvalue weighted by Gasteiger charge is 1.96. The molecular weight excluding hydrogens is 275 g/mol. The predicted molar refractivity (Wildman–Crippen MR) is 66.1 cm³/mol. The van der Waals surface area contributed by atoms with Gasteiger partial charge in [-0.1, -0.05) is 0 Å². The molecule has 0 saturated heterocycles. The van der Waals surface area contributed by atoms with Gasteiger partial charge in [0.1, 0.15) is 0 Å². The fourth-order valence-electron chi connectivity index (χ4n) is 1.15. The van der Waals surface area contributed by atoms with Crippen LogP contribution in [0.25, 0.3) is 0 Å². The number of halogens is 1. The maximum atomic E-state index is 5.41. The van der Waals surface area contributed by atoms with Crippen molar-refractivity contribution in [3.63, 3.8) is 0 Å². The summed E-state index contributed by atoms with van der Waals surface area (Å²) in [5.74, 6) is 0. The van der Waals surface area contributed by atoms with E-state index in [1.165, 1.54) is 14.8 Å². The van der Waals surface area contributed by atoms with Crippen molar-refractivity contribution in [2.24, 2.45) is 5.73 Å². The van der Waals surface area contributed by atoms with E-state index in [0.29, 0.717) is 0 Å². The lowest BCUT2D eigenvalue weighted by molar-refractivity contribution is 0.873. The number of anilines is 1. The van der Waals surface area contributed by atoms with Crippen LogP contribution in [0.1, 0.15) is 12.0 Å². The first-order valence-electron chi connectivity index (χ1n) is 4.44. The molecule has 0 unspecified atom stereocenters. The Balaban J connectivity index is 2.56. The molecule has 1 aromatic rings. The molecule has 0 aromatic heterocycles. The molecule has 0 atom stereocenters. The fourth-order valence-corrected chi connectivity index (χ4v) is 1.80. The van der Waals surface area contributed by atoms with E-state index in [-0.39, 0.29) is 0 Å². The first kappa shape index (κ1) is 10.8. The van der Waals surface area contributed by atoms with Gasteiger partial charge in [-0.15, -0.1) is 0 Å². The Morgan fingerprint density at radius 2 is 2.23 bits per heavy atom. The van der Waals surface area contributed by atoms with Crippen molar-refractivity contribution in [1.82, 2.24) is 0 Å². The highest BCUT2D eigenvalue weighted by Crippen LogP contribution is 2.17. The second-order valence-corrected chi connectivity index (χ2v) is 4.27. The fraction of sp³-hybridized carbons (Fsp3) is 0.400. The lowest BCUT2D eigenvalue weighted by Crippen LogP contribution is -2.09. The van der Waals surface area contributed by atoms with E-state index in [0.717, 1.165) is 19.5 Å². The van der Waals surface area contributed by atoms with Gasteiger partial charge in [-0.25, -0.2) is 0 Å². The quantitative estimate of drug-likeness (QED) is 0.660. The number of rotatable bonds is 4. The molecule has 0 bridgehead atoms. The molecule has 3 N–H and O–H groups in total. The minimum Gasteiger partial charge on any atom is -0.385 e. The van der Waals surface area contributed by atoms with Crippen molar-refractivity contribution in [3.8, 4) is 0 Å². The molecule has 0 saturated carbocycles. The molecule has 0 heterocycles. The van der Waals surface area contributed by atoms with Gasteiger partial charge in [-0.3, -0.25) is 0 Å². The molecule has 1 rings (SSSR count). The topological polar surface area (TPSA) is 38.0 Å². The second-order valence-electron chi connectivity index (χ2n) is 3.03. The standard InChI is InChI=1S/C10H15IN2/c1-8-7-9(11)3-4-10(8)13-6-2-5-12/h3-4,7,13H,2,5-6,12H2,1H3. The first-order valence-corrected chi connectivity index (χ1v) is 5.52. The molecule has 0 aliphatic heterocycles. The molecule has 0 aliphatic rings. The van der Waals surface area contributed by atoms with Gasteiger partial charge in [0.25, 0.3) is 0 Å². The lowest BCUT2D eigenvalue weighted by Gasteiger charge is -2.08. The second kappa shape index (κ2) is 5.44. The summed E-state index contributed by atoms with van der Waals surface area (Å²) in [6, 6.07) is 6.40. The zero-order valence-corrected chi connectivity index (χ0v) is 9.97. The van der Waals surface area contributed by atoms with E-state index < -0.39 is 0 Å². The summed E-state index contributed by atoms with van der Waals surface area (Å²) in [6.07, 6.45) is 1.02. The molecule has 0 amide bonds. The molecule has 0 aliphatic carbocycles. The third-order valence-electron chi connectivity index (χ3n) is 1.88. The number of benzene rings is 1. The van der Waals surface area contributed by atoms with Gasteiger partial charge in [0.05, 0.1) is 0 Å². The molecule has 0 radical (unpaired) electrons. The van der Waals surface area contributed by atoms with E-state index in [1.807, 2.05) is 0 Å². The summed E-state index contributed by atoms with van der Waals surface area (Å²) < 4.78 is 1.28. The van der Waals surface area contributed by atoms with Crippen LogP contribution in [0.3, 0.4) is 0 Å². The van der Waals surface area contributed by atoms with E-state index in [4.69, 9.17) is 5.73 Å². The van der Waals surface area contributed by atoms with Crippen molar-refractivity contribution < 1.29 is 0 Å². The zero-order chi connectivity index (χ0) is 9.68. The van der Waals surface area contributed by atoms with Crippen LogP contribution in [-0.2, 0) is 0 Å². The Morgan fingerprint density at radius 3 is 2.85 bits per heavy atom. The van der Waals surface area contributed by atoms with E-state index in [1.54, 1.807) is 0 Å². The molecule has 2 nitrogen and oxygen atoms in total. The average Bonchev–Trinajstić information content (AvgIpc) is 2.09. The summed E-state index contributed by atoms with van der Waals surface area (Å²) in [5.41, 5.74) is 7.93. The maximum absolute atomic E-state index is 5.41. The third-order valence-corrected chi connectivity index (χ3v) is 2.56. The largest absolute Gasteiger partial charge is 0.385 e. The van der Waals surface area contributed by atoms with Crippen molar-refractivity contribution in [2.75, 3.05) is 18.4 Å². The van der Waals surface area contributed by atoms with Crippen LogP contribution in [0.5, 0.6) is 0 Å². The normalized spacial score (nSPS) is 10.1. The number of hydrogen-bond donors (Lipinski definition) is 2. The molecule has 3 heteroatoms. The molecular formula is C10H15IN2. The van der Waals surface area contributed by atoms with Gasteiger partial charge in [0, 0.05) is 15.8 Å². The van der Waals surface area contributed by atoms with Crippen LogP contribution in [0.4, 0.5) is 5.69 Å². The monoisotopic (exact) mass is 290 g/mol. The van der Waals surface area contributed by atoms with Gasteiger partial charge >= 0.3 is 0 Å². The van der Waals surface area contributed by atoms with Crippen molar-refractivity contribution in [2.45, 2.75) is 13.3 Å². The van der Waals surface area contributed by atoms with Crippen LogP contribution >= 0.6 is 22.6 Å². The van der Waals surface area contributed by atoms with Crippen molar-refractivity contribution in [3.05, 3.63) is 27.3 Å². The summed E-state index contributed by atoms with van der Waals surface area (Å²) in [6.45, 7) is 3.82. The Morgan fingerprint density at radius 1 is 1.46 bits per heavy atom. The van der Waals surface area contributed by atoms with Gasteiger partial charge in [-0.05, 0) is 66.2 Å².